The summed E-state index contributed by atoms with van der Waals surface area (Å²) in [7, 11) is 0. The number of rotatable bonds is 4. The molecule has 0 bridgehead atoms. The summed E-state index contributed by atoms with van der Waals surface area (Å²) in [6, 6.07) is 0. The molecule has 2 aromatic heterocycles. The van der Waals surface area contributed by atoms with Crippen molar-refractivity contribution in [1.82, 2.24) is 9.97 Å². The van der Waals surface area contributed by atoms with Crippen LogP contribution in [0.4, 0.5) is 0 Å². The van der Waals surface area contributed by atoms with Crippen molar-refractivity contribution >= 4 is 18.1 Å². The van der Waals surface area contributed by atoms with Crippen molar-refractivity contribution in [2.45, 2.75) is 59.3 Å². The second kappa shape index (κ2) is 7.08. The van der Waals surface area contributed by atoms with Crippen LogP contribution < -0.4 is 0 Å². The number of hydrogen-bond donors (Lipinski definition) is 2. The largest absolute Gasteiger partial charge is 0.355 e. The van der Waals surface area contributed by atoms with Gasteiger partial charge in [-0.1, -0.05) is 12.2 Å². The monoisotopic (exact) mass is 376 g/mol. The Balaban J connectivity index is 1.72. The molecule has 4 rings (SSSR count). The summed E-state index contributed by atoms with van der Waals surface area (Å²) in [5.74, 6) is 0.940. The third-order valence-corrected chi connectivity index (χ3v) is 6.96. The number of fused-ring (bicyclic) bond motifs is 1. The summed E-state index contributed by atoms with van der Waals surface area (Å²) in [6.45, 7) is 8.21. The van der Waals surface area contributed by atoms with E-state index in [0.717, 1.165) is 48.7 Å². The van der Waals surface area contributed by atoms with Crippen LogP contribution in [-0.2, 0) is 0 Å². The van der Waals surface area contributed by atoms with Gasteiger partial charge in [0.1, 0.15) is 0 Å². The highest BCUT2D eigenvalue weighted by molar-refractivity contribution is 5.80. The standard InChI is InChI=1S/C24H28N2O2/c1-13-15(3)23(25-21(13)11-27)18-7-5-17-6-8-19(10-20(17)9-18)24-16(4)14(2)22(12-28)26-24/h9-12,17-18,25-26H,5-8H2,1-4H3/t17-,18-/m0/s1. The first-order valence-electron chi connectivity index (χ1n) is 10.2. The fourth-order valence-corrected chi connectivity index (χ4v) is 4.88. The van der Waals surface area contributed by atoms with Gasteiger partial charge in [0.05, 0.1) is 11.4 Å². The zero-order valence-electron chi connectivity index (χ0n) is 17.1. The molecule has 2 N–H and O–H groups in total. The van der Waals surface area contributed by atoms with Gasteiger partial charge in [-0.15, -0.1) is 0 Å². The molecule has 0 amide bonds. The minimum atomic E-state index is 0.325. The van der Waals surface area contributed by atoms with E-state index < -0.39 is 0 Å². The normalized spacial score (nSPS) is 21.7. The Kier molecular flexibility index (Phi) is 4.74. The van der Waals surface area contributed by atoms with E-state index in [1.54, 1.807) is 0 Å². The first-order valence-corrected chi connectivity index (χ1v) is 10.2. The van der Waals surface area contributed by atoms with Crippen LogP contribution in [0.3, 0.4) is 0 Å². The van der Waals surface area contributed by atoms with Crippen molar-refractivity contribution < 1.29 is 9.59 Å². The Morgan fingerprint density at radius 2 is 1.54 bits per heavy atom. The summed E-state index contributed by atoms with van der Waals surface area (Å²) in [4.78, 5) is 29.3. The molecule has 4 heteroatoms. The molecule has 2 atom stereocenters. The Labute approximate surface area is 166 Å². The first-order chi connectivity index (χ1) is 13.4. The lowest BCUT2D eigenvalue weighted by Crippen LogP contribution is -2.17. The Morgan fingerprint density at radius 3 is 2.18 bits per heavy atom. The summed E-state index contributed by atoms with van der Waals surface area (Å²) in [6.07, 6.45) is 11.1. The van der Waals surface area contributed by atoms with Crippen molar-refractivity contribution in [3.05, 3.63) is 62.8 Å². The van der Waals surface area contributed by atoms with Gasteiger partial charge >= 0.3 is 0 Å². The highest BCUT2D eigenvalue weighted by Gasteiger charge is 2.29. The van der Waals surface area contributed by atoms with Gasteiger partial charge in [0.15, 0.2) is 12.6 Å². The SMILES string of the molecule is Cc1c(C=O)[nH]c(C2=CC3=C[C@@H](c4[nH]c(C=O)c(C)c4C)CC[C@H]3CC2)c1C. The van der Waals surface area contributed by atoms with Gasteiger partial charge in [0.2, 0.25) is 0 Å². The average molecular weight is 377 g/mol. The van der Waals surface area contributed by atoms with Crippen LogP contribution >= 0.6 is 0 Å². The van der Waals surface area contributed by atoms with E-state index in [0.29, 0.717) is 23.2 Å². The molecule has 4 nitrogen and oxygen atoms in total. The summed E-state index contributed by atoms with van der Waals surface area (Å²) >= 11 is 0. The van der Waals surface area contributed by atoms with Crippen LogP contribution in [0.1, 0.15) is 86.2 Å². The lowest BCUT2D eigenvalue weighted by atomic mass is 9.74. The number of aldehydes is 2. The number of aromatic amines is 2. The van der Waals surface area contributed by atoms with E-state index in [9.17, 15) is 9.59 Å². The topological polar surface area (TPSA) is 65.7 Å². The highest BCUT2D eigenvalue weighted by atomic mass is 16.1. The van der Waals surface area contributed by atoms with Crippen molar-refractivity contribution in [3.8, 4) is 0 Å². The summed E-state index contributed by atoms with van der Waals surface area (Å²) < 4.78 is 0. The minimum Gasteiger partial charge on any atom is -0.355 e. The second-order valence-corrected chi connectivity index (χ2v) is 8.36. The molecule has 0 unspecified atom stereocenters. The number of carbonyl (C=O) groups is 2. The van der Waals surface area contributed by atoms with Gasteiger partial charge in [-0.2, -0.15) is 0 Å². The van der Waals surface area contributed by atoms with Gasteiger partial charge in [0.25, 0.3) is 0 Å². The van der Waals surface area contributed by atoms with E-state index in [-0.39, 0.29) is 0 Å². The third-order valence-electron chi connectivity index (χ3n) is 6.96. The predicted octanol–water partition coefficient (Wildman–Crippen LogP) is 5.50. The molecule has 0 saturated heterocycles. The van der Waals surface area contributed by atoms with Crippen LogP contribution in [-0.4, -0.2) is 22.5 Å². The van der Waals surface area contributed by atoms with Crippen molar-refractivity contribution in [3.63, 3.8) is 0 Å². The fourth-order valence-electron chi connectivity index (χ4n) is 4.88. The maximum atomic E-state index is 11.3. The molecule has 2 heterocycles. The Morgan fingerprint density at radius 1 is 0.857 bits per heavy atom. The number of allylic oxidation sites excluding steroid dienone is 4. The molecule has 2 aliphatic carbocycles. The van der Waals surface area contributed by atoms with Crippen LogP contribution in [0, 0.1) is 33.6 Å². The number of aromatic nitrogens is 2. The molecule has 28 heavy (non-hydrogen) atoms. The van der Waals surface area contributed by atoms with E-state index in [4.69, 9.17) is 0 Å². The van der Waals surface area contributed by atoms with Crippen molar-refractivity contribution in [2.75, 3.05) is 0 Å². The fraction of sp³-hybridized carbons (Fsp3) is 0.417. The van der Waals surface area contributed by atoms with Crippen LogP contribution in [0.5, 0.6) is 0 Å². The second-order valence-electron chi connectivity index (χ2n) is 8.36. The molecule has 0 fully saturated rings. The predicted molar refractivity (Wildman–Crippen MR) is 112 cm³/mol. The highest BCUT2D eigenvalue weighted by Crippen LogP contribution is 2.44. The molecular formula is C24H28N2O2. The van der Waals surface area contributed by atoms with E-state index >= 15 is 0 Å². The number of hydrogen-bond acceptors (Lipinski definition) is 2. The Bertz CT molecular complexity index is 1020. The quantitative estimate of drug-likeness (QED) is 0.692. The number of H-pyrrole nitrogens is 2. The summed E-state index contributed by atoms with van der Waals surface area (Å²) in [5.41, 5.74) is 10.8. The van der Waals surface area contributed by atoms with Crippen LogP contribution in [0.2, 0.25) is 0 Å². The maximum absolute atomic E-state index is 11.3. The van der Waals surface area contributed by atoms with Gasteiger partial charge in [-0.25, -0.2) is 0 Å². The van der Waals surface area contributed by atoms with Crippen molar-refractivity contribution in [2.24, 2.45) is 5.92 Å². The van der Waals surface area contributed by atoms with Gasteiger partial charge < -0.3 is 9.97 Å². The number of nitrogens with one attached hydrogen (secondary N) is 2. The maximum Gasteiger partial charge on any atom is 0.166 e. The smallest absolute Gasteiger partial charge is 0.166 e. The third kappa shape index (κ3) is 2.92. The molecule has 0 radical (unpaired) electrons. The molecule has 2 aliphatic rings. The number of carbonyl (C=O) groups excluding carboxylic acids is 2. The van der Waals surface area contributed by atoms with E-state index in [1.807, 2.05) is 13.8 Å². The Hall–Kier alpha value is -2.62. The zero-order chi connectivity index (χ0) is 20.0. The molecule has 0 spiro atoms. The average Bonchev–Trinajstić information content (AvgIpc) is 3.17. The lowest BCUT2D eigenvalue weighted by molar-refractivity contribution is 0.111. The van der Waals surface area contributed by atoms with Gasteiger partial charge in [-0.3, -0.25) is 9.59 Å². The molecule has 146 valence electrons. The minimum absolute atomic E-state index is 0.325. The van der Waals surface area contributed by atoms with Crippen molar-refractivity contribution in [1.29, 1.82) is 0 Å². The van der Waals surface area contributed by atoms with E-state index in [1.165, 1.54) is 34.4 Å². The molecule has 0 aliphatic heterocycles. The summed E-state index contributed by atoms with van der Waals surface area (Å²) in [5, 5.41) is 0. The van der Waals surface area contributed by atoms with Crippen LogP contribution in [0.25, 0.3) is 5.57 Å². The molecule has 2 aromatic rings. The van der Waals surface area contributed by atoms with E-state index in [2.05, 4.69) is 36.0 Å². The van der Waals surface area contributed by atoms with Gasteiger partial charge in [-0.05, 0) is 92.7 Å². The first kappa shape index (κ1) is 18.7. The van der Waals surface area contributed by atoms with Gasteiger partial charge in [0, 0.05) is 17.3 Å². The lowest BCUT2D eigenvalue weighted by Gasteiger charge is -2.31. The zero-order valence-corrected chi connectivity index (χ0v) is 17.1. The molecule has 0 saturated carbocycles. The van der Waals surface area contributed by atoms with Crippen LogP contribution in [0.15, 0.2) is 17.7 Å². The molecular weight excluding hydrogens is 348 g/mol. The molecule has 0 aromatic carbocycles.